The molecule has 6 nitrogen and oxygen atoms in total. The van der Waals surface area contributed by atoms with Gasteiger partial charge in [-0.1, -0.05) is 66.7 Å². The second kappa shape index (κ2) is 8.01. The third-order valence-electron chi connectivity index (χ3n) is 6.47. The highest BCUT2D eigenvalue weighted by molar-refractivity contribution is 6.07. The summed E-state index contributed by atoms with van der Waals surface area (Å²) in [5.41, 5.74) is 5.15. The van der Waals surface area contributed by atoms with Gasteiger partial charge in [0.05, 0.1) is 24.9 Å². The minimum Gasteiger partial charge on any atom is -0.389 e. The van der Waals surface area contributed by atoms with Gasteiger partial charge in [-0.3, -0.25) is 4.79 Å². The number of benzene rings is 3. The fraction of sp³-hybridized carbons (Fsp3) is 0.143. The van der Waals surface area contributed by atoms with E-state index in [2.05, 4.69) is 33.9 Å². The van der Waals surface area contributed by atoms with E-state index in [-0.39, 0.29) is 5.56 Å². The van der Waals surface area contributed by atoms with Crippen LogP contribution < -0.4 is 5.56 Å². The maximum absolute atomic E-state index is 12.7. The van der Waals surface area contributed by atoms with Crippen LogP contribution in [0.25, 0.3) is 38.7 Å². The van der Waals surface area contributed by atoms with Crippen LogP contribution >= 0.6 is 0 Å². The molecule has 6 heteroatoms. The van der Waals surface area contributed by atoms with E-state index in [0.29, 0.717) is 18.7 Å². The lowest BCUT2D eigenvalue weighted by Crippen LogP contribution is -2.27. The summed E-state index contributed by atoms with van der Waals surface area (Å²) < 4.78 is 5.57. The van der Waals surface area contributed by atoms with Gasteiger partial charge in [0.2, 0.25) is 0 Å². The first-order valence-electron chi connectivity index (χ1n) is 11.4. The number of para-hydroxylation sites is 2. The third-order valence-corrected chi connectivity index (χ3v) is 6.47. The van der Waals surface area contributed by atoms with Crippen LogP contribution in [0, 0.1) is 6.92 Å². The predicted octanol–water partition coefficient (Wildman–Crippen LogP) is 4.64. The maximum Gasteiger partial charge on any atom is 0.274 e. The zero-order valence-corrected chi connectivity index (χ0v) is 18.8. The number of nitrogens with zero attached hydrogens (tertiary/aromatic N) is 4. The van der Waals surface area contributed by atoms with Crippen molar-refractivity contribution in [3.63, 3.8) is 0 Å². The molecule has 6 rings (SSSR count). The highest BCUT2D eigenvalue weighted by Gasteiger charge is 2.17. The highest BCUT2D eigenvalue weighted by Crippen LogP contribution is 2.29. The van der Waals surface area contributed by atoms with Crippen molar-refractivity contribution in [1.82, 2.24) is 18.7 Å². The van der Waals surface area contributed by atoms with Crippen molar-refractivity contribution in [2.24, 2.45) is 0 Å². The molecule has 6 aromatic rings. The van der Waals surface area contributed by atoms with Crippen molar-refractivity contribution in [3.05, 3.63) is 107 Å². The molecule has 3 heterocycles. The second-order valence-electron chi connectivity index (χ2n) is 8.70. The molecule has 0 aliphatic heterocycles. The Morgan fingerprint density at radius 3 is 2.06 bits per heavy atom. The summed E-state index contributed by atoms with van der Waals surface area (Å²) >= 11 is 0. The van der Waals surface area contributed by atoms with Gasteiger partial charge in [-0.15, -0.1) is 0 Å². The molecule has 0 bridgehead atoms. The Hall–Kier alpha value is -4.16. The van der Waals surface area contributed by atoms with Crippen LogP contribution in [0.5, 0.6) is 0 Å². The Morgan fingerprint density at radius 1 is 0.794 bits per heavy atom. The van der Waals surface area contributed by atoms with Gasteiger partial charge in [0, 0.05) is 45.2 Å². The van der Waals surface area contributed by atoms with Crippen molar-refractivity contribution in [2.45, 2.75) is 26.1 Å². The summed E-state index contributed by atoms with van der Waals surface area (Å²) in [7, 11) is 0. The topological polar surface area (TPSA) is 64.5 Å². The van der Waals surface area contributed by atoms with E-state index in [0.717, 1.165) is 28.0 Å². The Balaban J connectivity index is 1.40. The van der Waals surface area contributed by atoms with Crippen molar-refractivity contribution < 1.29 is 5.11 Å². The molecule has 1 atom stereocenters. The molecule has 0 fully saturated rings. The fourth-order valence-electron chi connectivity index (χ4n) is 4.89. The van der Waals surface area contributed by atoms with Crippen LogP contribution in [0.2, 0.25) is 0 Å². The number of aliphatic hydroxyl groups excluding tert-OH is 1. The molecule has 0 aliphatic carbocycles. The Kier molecular flexibility index (Phi) is 4.81. The third kappa shape index (κ3) is 3.31. The monoisotopic (exact) mass is 448 g/mol. The molecule has 1 N–H and O–H groups in total. The van der Waals surface area contributed by atoms with Crippen molar-refractivity contribution in [2.75, 3.05) is 0 Å². The zero-order chi connectivity index (χ0) is 23.2. The zero-order valence-electron chi connectivity index (χ0n) is 18.8. The summed E-state index contributed by atoms with van der Waals surface area (Å²) in [5.74, 6) is 0. The van der Waals surface area contributed by atoms with Crippen LogP contribution in [0.3, 0.4) is 0 Å². The van der Waals surface area contributed by atoms with Crippen LogP contribution in [0.4, 0.5) is 0 Å². The van der Waals surface area contributed by atoms with Gasteiger partial charge in [0.1, 0.15) is 5.65 Å². The molecule has 0 saturated heterocycles. The number of rotatable bonds is 5. The van der Waals surface area contributed by atoms with Crippen LogP contribution in [0.15, 0.2) is 95.8 Å². The SMILES string of the molecule is Cc1cc(=O)n2nc(-c3ccccc3)cc2n1C[C@H](O)Cn1c2ccccc2c2ccccc21. The normalized spacial score (nSPS) is 12.6. The van der Waals surface area contributed by atoms with Crippen LogP contribution in [0.1, 0.15) is 5.69 Å². The van der Waals surface area contributed by atoms with E-state index >= 15 is 0 Å². The van der Waals surface area contributed by atoms with Crippen molar-refractivity contribution in [3.8, 4) is 11.3 Å². The molecule has 3 aromatic carbocycles. The minimum absolute atomic E-state index is 0.178. The molecule has 168 valence electrons. The number of aryl methyl sites for hydroxylation is 1. The quantitative estimate of drug-likeness (QED) is 0.418. The molecule has 3 aromatic heterocycles. The molecular formula is C28H24N4O2. The summed E-state index contributed by atoms with van der Waals surface area (Å²) in [6.45, 7) is 2.67. The molecule has 0 saturated carbocycles. The van der Waals surface area contributed by atoms with E-state index in [9.17, 15) is 9.90 Å². The molecule has 0 radical (unpaired) electrons. The predicted molar refractivity (Wildman–Crippen MR) is 135 cm³/mol. The standard InChI is InChI=1S/C28H24N4O2/c1-19-15-28(34)32-27(16-24(29-32)20-9-3-2-4-10-20)30(19)17-21(33)18-31-25-13-7-5-11-22(25)23-12-6-8-14-26(23)31/h2-16,21,33H,17-18H2,1H3/t21-/m0/s1. The van der Waals surface area contributed by atoms with Crippen molar-refractivity contribution in [1.29, 1.82) is 0 Å². The number of aromatic nitrogens is 4. The summed E-state index contributed by atoms with van der Waals surface area (Å²) in [4.78, 5) is 12.7. The molecule has 0 aliphatic rings. The molecule has 0 amide bonds. The number of fused-ring (bicyclic) bond motifs is 4. The fourth-order valence-corrected chi connectivity index (χ4v) is 4.89. The van der Waals surface area contributed by atoms with E-state index in [1.54, 1.807) is 6.07 Å². The Morgan fingerprint density at radius 2 is 1.38 bits per heavy atom. The smallest absolute Gasteiger partial charge is 0.274 e. The summed E-state index contributed by atoms with van der Waals surface area (Å²) in [5, 5.41) is 18.1. The summed E-state index contributed by atoms with van der Waals surface area (Å²) in [6.07, 6.45) is -0.667. The van der Waals surface area contributed by atoms with E-state index in [4.69, 9.17) is 0 Å². The largest absolute Gasteiger partial charge is 0.389 e. The number of aliphatic hydroxyl groups is 1. The van der Waals surface area contributed by atoms with Gasteiger partial charge in [-0.25, -0.2) is 0 Å². The first-order chi connectivity index (χ1) is 16.6. The Labute approximate surface area is 195 Å². The minimum atomic E-state index is -0.667. The van der Waals surface area contributed by atoms with Gasteiger partial charge in [0.15, 0.2) is 0 Å². The van der Waals surface area contributed by atoms with Gasteiger partial charge in [-0.2, -0.15) is 9.61 Å². The Bertz CT molecular complexity index is 1660. The number of hydrogen-bond donors (Lipinski definition) is 1. The van der Waals surface area contributed by atoms with Gasteiger partial charge in [-0.05, 0) is 19.1 Å². The second-order valence-corrected chi connectivity index (χ2v) is 8.70. The highest BCUT2D eigenvalue weighted by atomic mass is 16.3. The average molecular weight is 449 g/mol. The van der Waals surface area contributed by atoms with Gasteiger partial charge >= 0.3 is 0 Å². The number of hydrogen-bond acceptors (Lipinski definition) is 3. The molecule has 34 heavy (non-hydrogen) atoms. The lowest BCUT2D eigenvalue weighted by molar-refractivity contribution is 0.137. The molecular weight excluding hydrogens is 424 g/mol. The first-order valence-corrected chi connectivity index (χ1v) is 11.4. The van der Waals surface area contributed by atoms with E-state index in [1.165, 1.54) is 15.3 Å². The van der Waals surface area contributed by atoms with E-state index < -0.39 is 6.10 Å². The molecule has 0 spiro atoms. The average Bonchev–Trinajstić information content (AvgIpc) is 3.44. The van der Waals surface area contributed by atoms with Crippen LogP contribution in [-0.4, -0.2) is 30.0 Å². The lowest BCUT2D eigenvalue weighted by atomic mass is 10.1. The van der Waals surface area contributed by atoms with Gasteiger partial charge < -0.3 is 14.2 Å². The molecule has 0 unspecified atom stereocenters. The van der Waals surface area contributed by atoms with Crippen LogP contribution in [-0.2, 0) is 13.1 Å². The maximum atomic E-state index is 12.7. The lowest BCUT2D eigenvalue weighted by Gasteiger charge is -2.18. The van der Waals surface area contributed by atoms with E-state index in [1.807, 2.05) is 72.2 Å². The first kappa shape index (κ1) is 20.4. The van der Waals surface area contributed by atoms with Crippen molar-refractivity contribution >= 4 is 27.5 Å². The summed E-state index contributed by atoms with van der Waals surface area (Å²) in [6, 6.07) is 29.8. The van der Waals surface area contributed by atoms with Gasteiger partial charge in [0.25, 0.3) is 5.56 Å².